The van der Waals surface area contributed by atoms with Crippen molar-refractivity contribution in [1.82, 2.24) is 5.32 Å². The largest absolute Gasteiger partial charge is 0.444 e. The third kappa shape index (κ3) is 5.79. The zero-order chi connectivity index (χ0) is 19.3. The van der Waals surface area contributed by atoms with Crippen LogP contribution in [0.1, 0.15) is 40.0 Å². The highest BCUT2D eigenvalue weighted by atomic mass is 16.6. The van der Waals surface area contributed by atoms with Crippen LogP contribution in [0.3, 0.4) is 0 Å². The van der Waals surface area contributed by atoms with E-state index in [1.54, 1.807) is 6.07 Å². The lowest BCUT2D eigenvalue weighted by atomic mass is 9.94. The highest BCUT2D eigenvalue weighted by Crippen LogP contribution is 2.31. The SMILES string of the molecule is CC(C)(C)OC(=O)NCCC1CCCN(c2ccc([N+](=O)[O-])cc2N)C1. The Morgan fingerprint density at radius 1 is 1.46 bits per heavy atom. The number of ether oxygens (including phenoxy) is 1. The molecule has 1 aliphatic heterocycles. The van der Waals surface area contributed by atoms with E-state index >= 15 is 0 Å². The zero-order valence-electron chi connectivity index (χ0n) is 15.7. The van der Waals surface area contributed by atoms with Crippen molar-refractivity contribution in [2.45, 2.75) is 45.6 Å². The van der Waals surface area contributed by atoms with Crippen molar-refractivity contribution in [3.63, 3.8) is 0 Å². The minimum atomic E-state index is -0.501. The van der Waals surface area contributed by atoms with E-state index in [1.165, 1.54) is 12.1 Å². The Morgan fingerprint density at radius 2 is 2.19 bits per heavy atom. The molecule has 1 aliphatic rings. The molecule has 0 aliphatic carbocycles. The summed E-state index contributed by atoms with van der Waals surface area (Å²) in [4.78, 5) is 24.3. The number of amides is 1. The van der Waals surface area contributed by atoms with Gasteiger partial charge in [-0.3, -0.25) is 10.1 Å². The van der Waals surface area contributed by atoms with E-state index in [1.807, 2.05) is 20.8 Å². The third-order valence-electron chi connectivity index (χ3n) is 4.30. The monoisotopic (exact) mass is 364 g/mol. The van der Waals surface area contributed by atoms with Crippen molar-refractivity contribution >= 4 is 23.2 Å². The highest BCUT2D eigenvalue weighted by molar-refractivity contribution is 5.71. The summed E-state index contributed by atoms with van der Waals surface area (Å²) >= 11 is 0. The molecule has 1 aromatic carbocycles. The number of non-ortho nitro benzene ring substituents is 1. The number of carbonyl (C=O) groups excluding carboxylic acids is 1. The van der Waals surface area contributed by atoms with E-state index in [0.29, 0.717) is 18.2 Å². The maximum Gasteiger partial charge on any atom is 0.407 e. The molecule has 26 heavy (non-hydrogen) atoms. The van der Waals surface area contributed by atoms with Crippen LogP contribution in [0.2, 0.25) is 0 Å². The fraction of sp³-hybridized carbons (Fsp3) is 0.611. The lowest BCUT2D eigenvalue weighted by molar-refractivity contribution is -0.384. The summed E-state index contributed by atoms with van der Waals surface area (Å²) in [6.07, 6.45) is 2.56. The molecule has 0 spiro atoms. The molecular formula is C18H28N4O4. The van der Waals surface area contributed by atoms with E-state index in [-0.39, 0.29) is 5.69 Å². The number of carbonyl (C=O) groups is 1. The summed E-state index contributed by atoms with van der Waals surface area (Å²) < 4.78 is 5.23. The predicted octanol–water partition coefficient (Wildman–Crippen LogP) is 3.31. The molecule has 8 nitrogen and oxygen atoms in total. The van der Waals surface area contributed by atoms with Gasteiger partial charge in [-0.25, -0.2) is 4.79 Å². The number of nitro benzene ring substituents is 1. The van der Waals surface area contributed by atoms with Crippen molar-refractivity contribution in [1.29, 1.82) is 0 Å². The Kier molecular flexibility index (Phi) is 6.28. The second kappa shape index (κ2) is 8.25. The molecule has 144 valence electrons. The first-order valence-corrected chi connectivity index (χ1v) is 8.91. The number of nitrogens with one attached hydrogen (secondary N) is 1. The second-order valence-electron chi connectivity index (χ2n) is 7.67. The van der Waals surface area contributed by atoms with Crippen molar-refractivity contribution in [2.24, 2.45) is 5.92 Å². The Balaban J connectivity index is 1.87. The first-order chi connectivity index (χ1) is 12.2. The van der Waals surface area contributed by atoms with Gasteiger partial charge in [-0.1, -0.05) is 0 Å². The molecule has 3 N–H and O–H groups in total. The van der Waals surface area contributed by atoms with E-state index in [0.717, 1.165) is 38.0 Å². The van der Waals surface area contributed by atoms with Crippen molar-refractivity contribution < 1.29 is 14.5 Å². The smallest absolute Gasteiger partial charge is 0.407 e. The van der Waals surface area contributed by atoms with Crippen LogP contribution in [0.25, 0.3) is 0 Å². The highest BCUT2D eigenvalue weighted by Gasteiger charge is 2.23. The second-order valence-corrected chi connectivity index (χ2v) is 7.67. The summed E-state index contributed by atoms with van der Waals surface area (Å²) in [5.41, 5.74) is 6.77. The molecule has 1 amide bonds. The summed E-state index contributed by atoms with van der Waals surface area (Å²) in [6.45, 7) is 7.75. The third-order valence-corrected chi connectivity index (χ3v) is 4.30. The molecule has 1 aromatic rings. The summed E-state index contributed by atoms with van der Waals surface area (Å²) in [5, 5.41) is 13.6. The van der Waals surface area contributed by atoms with Gasteiger partial charge in [0.25, 0.3) is 5.69 Å². The van der Waals surface area contributed by atoms with Crippen molar-refractivity contribution in [2.75, 3.05) is 30.3 Å². The van der Waals surface area contributed by atoms with Gasteiger partial charge >= 0.3 is 6.09 Å². The van der Waals surface area contributed by atoms with Crippen molar-refractivity contribution in [3.8, 4) is 0 Å². The Morgan fingerprint density at radius 3 is 2.81 bits per heavy atom. The minimum absolute atomic E-state index is 0.00127. The molecule has 0 aromatic heterocycles. The number of anilines is 2. The summed E-state index contributed by atoms with van der Waals surface area (Å²) in [6, 6.07) is 4.61. The molecule has 1 fully saturated rings. The Labute approximate surface area is 153 Å². The maximum absolute atomic E-state index is 11.7. The van der Waals surface area contributed by atoms with Crippen LogP contribution in [0.15, 0.2) is 18.2 Å². The number of nitrogens with zero attached hydrogens (tertiary/aromatic N) is 2. The van der Waals surface area contributed by atoms with Crippen LogP contribution < -0.4 is 16.0 Å². The lowest BCUT2D eigenvalue weighted by Crippen LogP contribution is -2.38. The number of nitro groups is 1. The molecule has 0 saturated carbocycles. The van der Waals surface area contributed by atoms with Gasteiger partial charge in [0.2, 0.25) is 0 Å². The van der Waals surface area contributed by atoms with Gasteiger partial charge in [-0.05, 0) is 52.0 Å². The molecule has 1 unspecified atom stereocenters. The van der Waals surface area contributed by atoms with E-state index in [4.69, 9.17) is 10.5 Å². The Bertz CT molecular complexity index is 657. The molecule has 2 rings (SSSR count). The number of piperidine rings is 1. The zero-order valence-corrected chi connectivity index (χ0v) is 15.7. The number of nitrogens with two attached hydrogens (primary N) is 1. The Hall–Kier alpha value is -2.51. The number of alkyl carbamates (subject to hydrolysis) is 1. The molecule has 1 atom stereocenters. The molecule has 1 saturated heterocycles. The van der Waals surface area contributed by atoms with Gasteiger partial charge in [0, 0.05) is 31.8 Å². The molecular weight excluding hydrogens is 336 g/mol. The van der Waals surface area contributed by atoms with Gasteiger partial charge in [-0.15, -0.1) is 0 Å². The number of nitrogen functional groups attached to an aromatic ring is 1. The lowest BCUT2D eigenvalue weighted by Gasteiger charge is -2.35. The summed E-state index contributed by atoms with van der Waals surface area (Å²) in [7, 11) is 0. The van der Waals surface area contributed by atoms with Gasteiger partial charge < -0.3 is 20.7 Å². The van der Waals surface area contributed by atoms with Crippen LogP contribution in [-0.4, -0.2) is 36.3 Å². The van der Waals surface area contributed by atoms with Gasteiger partial charge in [0.1, 0.15) is 5.60 Å². The fourth-order valence-electron chi connectivity index (χ4n) is 3.16. The van der Waals surface area contributed by atoms with Crippen LogP contribution >= 0.6 is 0 Å². The molecule has 8 heteroatoms. The fourth-order valence-corrected chi connectivity index (χ4v) is 3.16. The van der Waals surface area contributed by atoms with Crippen LogP contribution in [0.5, 0.6) is 0 Å². The minimum Gasteiger partial charge on any atom is -0.444 e. The van der Waals surface area contributed by atoms with Gasteiger partial charge in [-0.2, -0.15) is 0 Å². The van der Waals surface area contributed by atoms with Crippen LogP contribution in [0.4, 0.5) is 21.9 Å². The standard InChI is InChI=1S/C18H28N4O4/c1-18(2,3)26-17(23)20-9-8-13-5-4-10-21(12-13)16-7-6-14(22(24)25)11-15(16)19/h6-7,11,13H,4-5,8-10,12,19H2,1-3H3,(H,20,23). The first kappa shape index (κ1) is 19.8. The molecule has 1 heterocycles. The quantitative estimate of drug-likeness (QED) is 0.471. The average molecular weight is 364 g/mol. The van der Waals surface area contributed by atoms with Crippen molar-refractivity contribution in [3.05, 3.63) is 28.3 Å². The number of rotatable bonds is 5. The number of hydrogen-bond acceptors (Lipinski definition) is 6. The molecule has 0 radical (unpaired) electrons. The predicted molar refractivity (Wildman–Crippen MR) is 101 cm³/mol. The van der Waals surface area contributed by atoms with E-state index in [9.17, 15) is 14.9 Å². The topological polar surface area (TPSA) is 111 Å². The number of hydrogen-bond donors (Lipinski definition) is 2. The first-order valence-electron chi connectivity index (χ1n) is 8.91. The summed E-state index contributed by atoms with van der Waals surface area (Å²) in [5.74, 6) is 0.424. The maximum atomic E-state index is 11.7. The van der Waals surface area contributed by atoms with E-state index in [2.05, 4.69) is 10.2 Å². The van der Waals surface area contributed by atoms with Crippen LogP contribution in [0, 0.1) is 16.0 Å². The van der Waals surface area contributed by atoms with E-state index < -0.39 is 16.6 Å². The number of benzene rings is 1. The van der Waals surface area contributed by atoms with Crippen LogP contribution in [-0.2, 0) is 4.74 Å². The van der Waals surface area contributed by atoms with Gasteiger partial charge in [0.05, 0.1) is 16.3 Å². The van der Waals surface area contributed by atoms with Gasteiger partial charge in [0.15, 0.2) is 0 Å². The normalized spacial score (nSPS) is 17.7. The average Bonchev–Trinajstić information content (AvgIpc) is 2.53. The molecule has 0 bridgehead atoms.